The monoisotopic (exact) mass is 2860 g/mol. The molecule has 6 aromatic rings. The number of aromatic amines is 3. The summed E-state index contributed by atoms with van der Waals surface area (Å²) in [6.45, 7) is 26.9. The van der Waals surface area contributed by atoms with E-state index in [0.717, 1.165) is 176 Å². The average Bonchev–Trinajstić information content (AvgIpc) is 1.67. The molecule has 3 amide bonds. The number of nitrogens with zero attached hydrogens (tertiary/aromatic N) is 17. The van der Waals surface area contributed by atoms with Crippen LogP contribution in [0.5, 0.6) is 0 Å². The molecule has 3 unspecified atom stereocenters. The predicted octanol–water partition coefficient (Wildman–Crippen LogP) is 17.6. The Kier molecular flexibility index (Phi) is 42.7. The van der Waals surface area contributed by atoms with Gasteiger partial charge in [0.1, 0.15) is 44.9 Å². The Morgan fingerprint density at radius 1 is 0.512 bits per heavy atom. The van der Waals surface area contributed by atoms with Gasteiger partial charge in [-0.2, -0.15) is 25.3 Å². The standard InChI is InChI=1S/C27H38N8O2.C23H33ClN8O.C15H27N3O.C10H17BO3.C8H7Cl2N5.C2H6.I9/c1-18-13-25(32-31-18)29-24-16-22(23-9-6-12-37-23)28-27(30-24)33(2)21-14-19-7-5-8-20(15-21)35(19)17-26(36)34-10-3-4-11-34;1-15-10-21(29-28-15)26-20-13-19(24)25-23(27-20)30(2)18-11-16-6-5-7-17(12-18)32(16)14-22(33)31-8-3-4-9-31;1-16-12-9-13-5-4-6-14(10-12)18(13)11-15(19)17-7-2-3-8-17;1-9(2)10(3,4)14-11(13-9)8-6-5-7-12-8;1-4-2-7(15-14-4)12-6-3-5(9)11-8(10)13-6;1-2;1-6-8(4)9(5)7(2)3/h9,13,16,19-21H,3-8,10-12,14-15,17H2,1-2H3,(H2,28,29,30,31,32);10,13,16-18H,3-9,11-12,14H2,1-2H3,(H2,25,26,27,28,29);12-14,16H,2-11H2,1H3;6H,5,7H2,1-4H3;2-3H,1H3,(H2,11,12,13,14,15);1-2H3;/q;;;;;;-1/t19-,20+,21?;16-,17+,18?;12?,13-,14+;;;;. The number of rotatable bonds is 22. The Morgan fingerprint density at radius 2 is 0.884 bits per heavy atom. The molecule has 10 saturated heterocycles. The first-order valence-corrected chi connectivity index (χ1v) is 96.7. The predicted molar refractivity (Wildman–Crippen MR) is 585 cm³/mol. The molecule has 6 bridgehead atoms. The fourth-order valence-electron chi connectivity index (χ4n) is 18.9. The van der Waals surface area contributed by atoms with Gasteiger partial charge in [-0.25, -0.2) is 19.9 Å². The van der Waals surface area contributed by atoms with Gasteiger partial charge in [0.15, 0.2) is 17.5 Å². The number of carbonyl (C=O) groups excluding carboxylic acids is 3. The number of anilines is 8. The molecular weight excluding hydrogens is 2730 g/mol. The number of H-pyrrole nitrogens is 3. The minimum absolute atomic E-state index is 0.0947. The number of amides is 3. The van der Waals surface area contributed by atoms with Crippen molar-refractivity contribution < 1.29 is 46.4 Å². The van der Waals surface area contributed by atoms with Crippen molar-refractivity contribution in [3.63, 3.8) is 0 Å². The van der Waals surface area contributed by atoms with Crippen LogP contribution in [0.15, 0.2) is 54.2 Å². The number of carbonyl (C=O) groups is 3. The van der Waals surface area contributed by atoms with E-state index < -0.39 is 0 Å². The van der Waals surface area contributed by atoms with Crippen LogP contribution in [0, 0.1) is 20.8 Å². The van der Waals surface area contributed by atoms with Crippen molar-refractivity contribution in [3.05, 3.63) is 92.6 Å². The number of hydrogen-bond acceptors (Lipinski definition) is 25. The Hall–Kier alpha value is -1.38. The molecule has 0 aromatic carbocycles. The Bertz CT molecular complexity index is 4590. The van der Waals surface area contributed by atoms with Crippen LogP contribution >= 0.6 is 152 Å². The summed E-state index contributed by atoms with van der Waals surface area (Å²) in [7, 11) is 5.13. The summed E-state index contributed by atoms with van der Waals surface area (Å²) in [5, 5.41) is 34.9. The Balaban J connectivity index is 0.000000148. The summed E-state index contributed by atoms with van der Waals surface area (Å²) in [5.41, 5.74) is 3.98. The first kappa shape index (κ1) is 106. The zero-order valence-corrected chi connectivity index (χ0v) is 97.6. The number of aromatic nitrogens is 12. The SMILES string of the molecule is CC.CC1(C)OB(C2=CCCO2)OC1(C)C.CNC1C[C@H]2CCC[C@@H](C1)N2CC(=O)N1CCCC1.Cc1cc(Nc2cc(C3=CCCO3)nc(N(C)C3C[C@H]4CCC[C@@H](C3)N4CC(=O)N3CCCC3)n2)n[nH]1.Cc1cc(Nc2cc(Cl)nc(Cl)n2)n[nH]1.Cc1cc(Nc2cc(Cl)nc(N(C)C3C[C@H]4CCC[C@@H](C3)N4CC(=O)N3CCCC3)n2)n[nH]1.I[I-]I(I)I(I)I(I)I. The number of hydrogen-bond donors (Lipinski definition) is 7. The average molecular weight is 2860 g/mol. The molecule has 0 spiro atoms. The molecule has 44 heteroatoms. The van der Waals surface area contributed by atoms with E-state index in [1.807, 2.05) is 97.6 Å². The van der Waals surface area contributed by atoms with E-state index in [9.17, 15) is 14.4 Å². The quantitative estimate of drug-likeness (QED) is 0.0144. The zero-order chi connectivity index (χ0) is 92.2. The molecule has 9 atom stereocenters. The van der Waals surface area contributed by atoms with Crippen molar-refractivity contribution in [1.82, 2.24) is 95.2 Å². The van der Waals surface area contributed by atoms with E-state index in [0.29, 0.717) is 158 Å². The van der Waals surface area contributed by atoms with Crippen LogP contribution in [-0.4, -0.2) is 274 Å². The van der Waals surface area contributed by atoms with Gasteiger partial charge in [0.2, 0.25) is 34.9 Å². The van der Waals surface area contributed by atoms with Crippen LogP contribution in [-0.2, 0) is 33.2 Å². The number of nitrogens with one attached hydrogen (secondary N) is 7. The third-order valence-corrected chi connectivity index (χ3v) is 440. The number of piperidine rings is 6. The van der Waals surface area contributed by atoms with Gasteiger partial charge in [0.05, 0.1) is 44.1 Å². The van der Waals surface area contributed by atoms with Crippen molar-refractivity contribution in [2.45, 2.75) is 276 Å². The number of fused-ring (bicyclic) bond motifs is 6. The van der Waals surface area contributed by atoms with Crippen molar-refractivity contribution >= 4 is 229 Å². The summed E-state index contributed by atoms with van der Waals surface area (Å²) >= 11 is 32.3. The van der Waals surface area contributed by atoms with Gasteiger partial charge in [0, 0.05) is 174 Å². The van der Waals surface area contributed by atoms with Crippen LogP contribution in [0.4, 0.5) is 46.8 Å². The first-order chi connectivity index (χ1) is 61.9. The van der Waals surface area contributed by atoms with Crippen LogP contribution in [0.3, 0.4) is 0 Å². The third kappa shape index (κ3) is 30.6. The molecule has 18 rings (SSSR count). The molecule has 718 valence electrons. The van der Waals surface area contributed by atoms with Gasteiger partial charge < -0.3 is 64.5 Å². The first-order valence-electron chi connectivity index (χ1n) is 45.2. The number of ether oxygens (including phenoxy) is 2. The fraction of sp³-hybridized carbons (Fsp3) is 0.671. The molecule has 12 aliphatic rings. The summed E-state index contributed by atoms with van der Waals surface area (Å²) in [6, 6.07) is 15.2. The second-order valence-electron chi connectivity index (χ2n) is 35.3. The van der Waals surface area contributed by atoms with Gasteiger partial charge in [0.25, 0.3) is 0 Å². The Labute approximate surface area is 846 Å². The fourth-order valence-corrected chi connectivity index (χ4v) is 648. The molecule has 129 heavy (non-hydrogen) atoms. The normalized spacial score (nSPS) is 24.5. The molecular formula is C85H128BCl3I9N24O7-. The summed E-state index contributed by atoms with van der Waals surface area (Å²) < 4.78 is 22.9. The second-order valence-corrected chi connectivity index (χ2v) is 199. The van der Waals surface area contributed by atoms with Crippen LogP contribution in [0.1, 0.15) is 212 Å². The van der Waals surface area contributed by atoms with Crippen molar-refractivity contribution in [3.8, 4) is 0 Å². The van der Waals surface area contributed by atoms with Crippen molar-refractivity contribution in [2.75, 3.05) is 119 Å². The van der Waals surface area contributed by atoms with Crippen molar-refractivity contribution in [1.29, 1.82) is 0 Å². The van der Waals surface area contributed by atoms with E-state index in [1.54, 1.807) is 12.1 Å². The summed E-state index contributed by atoms with van der Waals surface area (Å²) in [4.78, 5) is 83.0. The topological polar surface area (TPSA) is 326 Å². The van der Waals surface area contributed by atoms with E-state index >= 15 is 0 Å². The molecule has 0 aliphatic carbocycles. The summed E-state index contributed by atoms with van der Waals surface area (Å²) in [6.07, 6.45) is 30.5. The molecule has 0 saturated carbocycles. The van der Waals surface area contributed by atoms with Crippen LogP contribution in [0.25, 0.3) is 5.76 Å². The van der Waals surface area contributed by atoms with Gasteiger partial charge in [-0.3, -0.25) is 44.4 Å². The zero-order valence-electron chi connectivity index (χ0n) is 75.9. The van der Waals surface area contributed by atoms with E-state index in [4.69, 9.17) is 68.5 Å². The maximum absolute atomic E-state index is 13.0. The van der Waals surface area contributed by atoms with Gasteiger partial charge in [-0.15, -0.1) is 0 Å². The number of halogens is 12. The molecule has 31 nitrogen and oxygen atoms in total. The second kappa shape index (κ2) is 51.7. The number of likely N-dealkylation sites (tertiary alicyclic amines) is 3. The molecule has 12 aliphatic heterocycles. The maximum atomic E-state index is 13.0. The van der Waals surface area contributed by atoms with Crippen LogP contribution < -0.4 is 44.3 Å². The molecule has 6 aromatic heterocycles. The van der Waals surface area contributed by atoms with Gasteiger partial charge >= 0.3 is 137 Å². The van der Waals surface area contributed by atoms with E-state index in [1.165, 1.54) is 57.8 Å². The Morgan fingerprint density at radius 3 is 1.22 bits per heavy atom. The van der Waals surface area contributed by atoms with E-state index in [2.05, 4.69) is 221 Å². The van der Waals surface area contributed by atoms with Crippen molar-refractivity contribution in [2.24, 2.45) is 0 Å². The van der Waals surface area contributed by atoms with Gasteiger partial charge in [-0.1, -0.05) is 56.3 Å². The summed E-state index contributed by atoms with van der Waals surface area (Å²) in [5.74, 6) is 7.00. The minimum atomic E-state index is -0.324. The molecule has 0 radical (unpaired) electrons. The van der Waals surface area contributed by atoms with Gasteiger partial charge in [-0.05, 0) is 195 Å². The molecule has 7 N–H and O–H groups in total. The molecule has 10 fully saturated rings. The number of aryl methyl sites for hydroxylation is 3. The van der Waals surface area contributed by atoms with E-state index in [-0.39, 0.29) is 52.4 Å². The molecule has 18 heterocycles. The third-order valence-electron chi connectivity index (χ3n) is 26.1. The van der Waals surface area contributed by atoms with Crippen LogP contribution in [0.2, 0.25) is 15.6 Å².